The summed E-state index contributed by atoms with van der Waals surface area (Å²) < 4.78 is 0. The first-order valence-corrected chi connectivity index (χ1v) is 27.9. The van der Waals surface area contributed by atoms with Gasteiger partial charge >= 0.3 is 0 Å². The number of amides is 1. The van der Waals surface area contributed by atoms with Gasteiger partial charge in [0.15, 0.2) is 11.7 Å². The van der Waals surface area contributed by atoms with Crippen molar-refractivity contribution in [3.8, 4) is 5.75 Å². The molecule has 1 spiro atoms. The molecule has 2 bridgehead atoms. The number of β-amino-alcohol motifs (C(OH)–C–C–N with tert-alkyl or cyclic N) is 1. The molecule has 13 atom stereocenters. The molecule has 3 aliphatic carbocycles. The van der Waals surface area contributed by atoms with Crippen molar-refractivity contribution in [1.82, 2.24) is 10.6 Å². The Kier molecular flexibility index (Phi) is 18.3. The molecule has 0 aromatic heterocycles. The molecule has 3 saturated carbocycles. The Morgan fingerprint density at radius 1 is 0.961 bits per heavy atom. The maximum absolute atomic E-state index is 15.2. The lowest BCUT2D eigenvalue weighted by Crippen LogP contribution is -2.59. The maximum atomic E-state index is 15.2. The van der Waals surface area contributed by atoms with Crippen molar-refractivity contribution >= 4 is 17.6 Å². The van der Waals surface area contributed by atoms with E-state index in [4.69, 9.17) is 17.2 Å². The van der Waals surface area contributed by atoms with E-state index in [9.17, 15) is 35.4 Å². The first-order chi connectivity index (χ1) is 36.7. The number of aliphatic hydroxyl groups excluding tert-OH is 4. The van der Waals surface area contributed by atoms with E-state index in [0.717, 1.165) is 59.1 Å². The molecule has 1 amide bonds. The summed E-state index contributed by atoms with van der Waals surface area (Å²) in [6.45, 7) is 12.1. The fourth-order valence-corrected chi connectivity index (χ4v) is 14.1. The predicted octanol–water partition coefficient (Wildman–Crippen LogP) is 6.99. The molecule has 14 nitrogen and oxygen atoms in total. The van der Waals surface area contributed by atoms with Gasteiger partial charge in [-0.1, -0.05) is 109 Å². The molecule has 414 valence electrons. The second-order valence-corrected chi connectivity index (χ2v) is 23.4. The monoisotopic (exact) mass is 1050 g/mol. The van der Waals surface area contributed by atoms with Crippen LogP contribution in [0.2, 0.25) is 0 Å². The second-order valence-electron chi connectivity index (χ2n) is 23.4. The zero-order valence-electron chi connectivity index (χ0n) is 45.5. The number of rotatable bonds is 9. The summed E-state index contributed by atoms with van der Waals surface area (Å²) in [4.78, 5) is 33.8. The first kappa shape index (κ1) is 57.5. The Hall–Kier alpha value is -5.71. The average Bonchev–Trinajstić information content (AvgIpc) is 3.76. The fraction of sp³-hybridized carbons (Fsp3) is 0.508. The molecule has 3 aromatic carbocycles. The first-order valence-electron chi connectivity index (χ1n) is 27.9. The highest BCUT2D eigenvalue weighted by Crippen LogP contribution is 2.66. The second kappa shape index (κ2) is 24.5. The lowest BCUT2D eigenvalue weighted by atomic mass is 9.52. The summed E-state index contributed by atoms with van der Waals surface area (Å²) in [6, 6.07) is 19.1. The summed E-state index contributed by atoms with van der Waals surface area (Å²) in [5.41, 5.74) is 24.6. The fourth-order valence-electron chi connectivity index (χ4n) is 14.1. The van der Waals surface area contributed by atoms with E-state index in [1.807, 2.05) is 74.5 Å². The average molecular weight is 1050 g/mol. The van der Waals surface area contributed by atoms with Gasteiger partial charge in [0.05, 0.1) is 30.0 Å². The van der Waals surface area contributed by atoms with Crippen molar-refractivity contribution < 1.29 is 40.2 Å². The van der Waals surface area contributed by atoms with E-state index < -0.39 is 77.2 Å². The number of aliphatic imine (C=N–C) groups is 1. The molecule has 3 aromatic rings. The largest absolute Gasteiger partial charge is 0.508 e. The zero-order valence-corrected chi connectivity index (χ0v) is 45.5. The number of guanidine groups is 1. The number of benzene rings is 3. The highest BCUT2D eigenvalue weighted by molar-refractivity contribution is 5.98. The van der Waals surface area contributed by atoms with Gasteiger partial charge in [-0.15, -0.1) is 0 Å². The van der Waals surface area contributed by atoms with Crippen LogP contribution >= 0.6 is 0 Å². The third-order valence-electron chi connectivity index (χ3n) is 18.1. The number of hydrogen-bond donors (Lipinski definition) is 11. The number of phenols is 1. The third-order valence-corrected chi connectivity index (χ3v) is 18.1. The Labute approximate surface area is 455 Å². The number of nitrogens with two attached hydrogens (primary N) is 3. The van der Waals surface area contributed by atoms with Crippen LogP contribution in [0.5, 0.6) is 5.75 Å². The molecular formula is C63H84N6O8. The lowest BCUT2D eigenvalue weighted by molar-refractivity contribution is -0.169. The minimum Gasteiger partial charge on any atom is -0.508 e. The highest BCUT2D eigenvalue weighted by atomic mass is 16.3. The standard InChI is InChI=1S/C63H84N6O8/c1-36(2)11-6-12-37(3)13-7-18-47-52(72)20-10-17-43-33-63(58(75)56(43)47)51-26-25-45(71)30-39-14-8-15-40(29-39)31-49(50(34-68-61(65)66)41-21-23-44(70)24-22-41)54(74)35-67-57-55-42(16-9-19-48(55)59(64)69-60(57)76)32-53(73)38(4)46(51)27-28-62(63,5)77/h7-9,11,13-16,18-19,21-24,29,43,45,49-52,54,56-59,67,70-72,74-75,77H,3,6,10,12,17,20,25-28,30-35,64H2,1-2,4-5H3,(H,69,76)(H4,65,66,68). The predicted molar refractivity (Wildman–Crippen MR) is 302 cm³/mol. The quantitative estimate of drug-likeness (QED) is 0.0448. The van der Waals surface area contributed by atoms with Crippen molar-refractivity contribution in [3.05, 3.63) is 159 Å². The molecule has 14 heteroatoms. The Balaban J connectivity index is 1.22. The number of nitrogens with zero attached hydrogens (tertiary/aromatic N) is 1. The number of hydrogen-bond acceptors (Lipinski definition) is 11. The van der Waals surface area contributed by atoms with Crippen LogP contribution in [0.3, 0.4) is 0 Å². The van der Waals surface area contributed by atoms with Gasteiger partial charge in [0.1, 0.15) is 18.0 Å². The summed E-state index contributed by atoms with van der Waals surface area (Å²) >= 11 is 0. The summed E-state index contributed by atoms with van der Waals surface area (Å²) in [5.74, 6) is -2.69. The Morgan fingerprint density at radius 3 is 2.42 bits per heavy atom. The van der Waals surface area contributed by atoms with Crippen molar-refractivity contribution in [2.75, 3.05) is 13.1 Å². The molecule has 8 rings (SSSR count). The number of allylic oxidation sites excluding steroid dienone is 8. The minimum absolute atomic E-state index is 0.0538. The zero-order chi connectivity index (χ0) is 55.3. The topological polar surface area (TPSA) is 270 Å². The van der Waals surface area contributed by atoms with Crippen molar-refractivity contribution in [1.29, 1.82) is 0 Å². The normalized spacial score (nSPS) is 32.1. The summed E-state index contributed by atoms with van der Waals surface area (Å²) in [6.07, 6.45) is 9.52. The number of carbonyl (C=O) groups is 2. The van der Waals surface area contributed by atoms with Crippen molar-refractivity contribution in [2.45, 2.75) is 159 Å². The molecule has 14 N–H and O–H groups in total. The van der Waals surface area contributed by atoms with Crippen LogP contribution in [0.4, 0.5) is 0 Å². The van der Waals surface area contributed by atoms with E-state index in [-0.39, 0.29) is 42.9 Å². The van der Waals surface area contributed by atoms with Gasteiger partial charge in [-0.2, -0.15) is 0 Å². The van der Waals surface area contributed by atoms with Crippen molar-refractivity contribution in [2.24, 2.45) is 51.3 Å². The van der Waals surface area contributed by atoms with Crippen LogP contribution in [0, 0.1) is 29.1 Å². The molecule has 77 heavy (non-hydrogen) atoms. The van der Waals surface area contributed by atoms with E-state index in [0.29, 0.717) is 73.6 Å². The SMILES string of the molecule is C=C(C=CC=C1C(O)CCCC2CC3(C4CCC(O)Cc5cccc(c5)CC(C(CN=C(N)N)c5ccc(O)cc5)C(O)CNC5C(=O)NC(N)c6cccc(c65)CC(=O)C(C)=C4CCC3(C)O)C(O)C12)CCC=C(C)C. The molecule has 0 saturated heterocycles. The van der Waals surface area contributed by atoms with E-state index >= 15 is 4.79 Å². The van der Waals surface area contributed by atoms with Crippen LogP contribution in [0.1, 0.15) is 143 Å². The molecule has 2 heterocycles. The molecule has 0 radical (unpaired) electrons. The minimum atomic E-state index is -1.38. The number of carbonyl (C=O) groups excluding carboxylic acids is 2. The van der Waals surface area contributed by atoms with Gasteiger partial charge in [-0.3, -0.25) is 19.9 Å². The molecule has 3 fully saturated rings. The van der Waals surface area contributed by atoms with Crippen LogP contribution < -0.4 is 27.8 Å². The molecule has 2 aliphatic heterocycles. The van der Waals surface area contributed by atoms with E-state index in [1.165, 1.54) is 5.57 Å². The van der Waals surface area contributed by atoms with Gasteiger partial charge < -0.3 is 53.2 Å². The van der Waals surface area contributed by atoms with E-state index in [2.05, 4.69) is 42.1 Å². The van der Waals surface area contributed by atoms with Gasteiger partial charge in [0.2, 0.25) is 5.91 Å². The number of ketones is 1. The molecular weight excluding hydrogens is 969 g/mol. The lowest BCUT2D eigenvalue weighted by Gasteiger charge is -2.56. The number of aromatic hydroxyl groups is 1. The van der Waals surface area contributed by atoms with Crippen molar-refractivity contribution in [3.63, 3.8) is 0 Å². The number of Topliss-reactive ketones (excluding diaryl/α,β-unsaturated/α-hetero) is 1. The van der Waals surface area contributed by atoms with Crippen LogP contribution in [-0.4, -0.2) is 91.4 Å². The maximum Gasteiger partial charge on any atom is 0.243 e. The van der Waals surface area contributed by atoms with Gasteiger partial charge in [-0.25, -0.2) is 0 Å². The van der Waals surface area contributed by atoms with Gasteiger partial charge in [-0.05, 0) is 173 Å². The van der Waals surface area contributed by atoms with Crippen LogP contribution in [0.15, 0.2) is 130 Å². The highest BCUT2D eigenvalue weighted by Gasteiger charge is 2.67. The van der Waals surface area contributed by atoms with Crippen LogP contribution in [0.25, 0.3) is 0 Å². The van der Waals surface area contributed by atoms with Gasteiger partial charge in [0, 0.05) is 36.8 Å². The Morgan fingerprint density at radius 2 is 1.69 bits per heavy atom. The Bertz CT molecular complexity index is 2790. The van der Waals surface area contributed by atoms with Crippen LogP contribution in [-0.2, 0) is 28.9 Å². The smallest absolute Gasteiger partial charge is 0.243 e. The molecule has 5 aliphatic rings. The third kappa shape index (κ3) is 12.6. The molecule has 13 unspecified atom stereocenters. The van der Waals surface area contributed by atoms with E-state index in [1.54, 1.807) is 24.3 Å². The number of phenolic OH excluding ortho intramolecular Hbond substituents is 1. The number of aliphatic hydroxyl groups is 5. The summed E-state index contributed by atoms with van der Waals surface area (Å²) in [7, 11) is 0. The number of fused-ring (bicyclic) bond motifs is 5. The number of nitrogens with one attached hydrogen (secondary N) is 2. The summed E-state index contributed by atoms with van der Waals surface area (Å²) in [5, 5.41) is 79.2. The van der Waals surface area contributed by atoms with Gasteiger partial charge in [0.25, 0.3) is 0 Å².